The van der Waals surface area contributed by atoms with E-state index in [0.29, 0.717) is 18.6 Å². The fourth-order valence-corrected chi connectivity index (χ4v) is 1.90. The van der Waals surface area contributed by atoms with Crippen LogP contribution < -0.4 is 0 Å². The zero-order valence-electron chi connectivity index (χ0n) is 12.4. The van der Waals surface area contributed by atoms with Crippen molar-refractivity contribution in [1.82, 2.24) is 0 Å². The van der Waals surface area contributed by atoms with Gasteiger partial charge < -0.3 is 9.47 Å². The Kier molecular flexibility index (Phi) is 6.77. The molecule has 0 unspecified atom stereocenters. The van der Waals surface area contributed by atoms with Crippen LogP contribution in [0.5, 0.6) is 0 Å². The number of ether oxygens (including phenoxy) is 2. The Labute approximate surface area is 120 Å². The van der Waals surface area contributed by atoms with Gasteiger partial charge in [-0.2, -0.15) is 0 Å². The fourth-order valence-electron chi connectivity index (χ4n) is 1.90. The molecule has 0 heterocycles. The van der Waals surface area contributed by atoms with Gasteiger partial charge in [-0.25, -0.2) is 9.59 Å². The van der Waals surface area contributed by atoms with Crippen LogP contribution in [0, 0.1) is 0 Å². The quantitative estimate of drug-likeness (QED) is 0.566. The van der Waals surface area contributed by atoms with E-state index in [1.54, 1.807) is 19.1 Å². The molecule has 0 saturated carbocycles. The monoisotopic (exact) mass is 278 g/mol. The molecule has 1 aromatic carbocycles. The summed E-state index contributed by atoms with van der Waals surface area (Å²) in [5.41, 5.74) is 1.43. The van der Waals surface area contributed by atoms with Crippen LogP contribution in [-0.2, 0) is 15.9 Å². The second-order valence-electron chi connectivity index (χ2n) is 4.40. The summed E-state index contributed by atoms with van der Waals surface area (Å²) in [5.74, 6) is -0.927. The first-order valence-corrected chi connectivity index (χ1v) is 7.11. The van der Waals surface area contributed by atoms with E-state index < -0.39 is 11.9 Å². The van der Waals surface area contributed by atoms with E-state index in [9.17, 15) is 9.59 Å². The van der Waals surface area contributed by atoms with E-state index in [1.807, 2.05) is 19.9 Å². The van der Waals surface area contributed by atoms with Crippen molar-refractivity contribution in [3.63, 3.8) is 0 Å². The molecule has 0 N–H and O–H groups in total. The topological polar surface area (TPSA) is 52.6 Å². The van der Waals surface area contributed by atoms with Gasteiger partial charge in [0.1, 0.15) is 0 Å². The van der Waals surface area contributed by atoms with Gasteiger partial charge in [-0.3, -0.25) is 0 Å². The second-order valence-corrected chi connectivity index (χ2v) is 4.40. The van der Waals surface area contributed by atoms with Gasteiger partial charge in [-0.15, -0.1) is 0 Å². The molecular formula is C16H22O4. The Morgan fingerprint density at radius 3 is 2.40 bits per heavy atom. The molecule has 4 nitrogen and oxygen atoms in total. The second kappa shape index (κ2) is 8.35. The molecular weight excluding hydrogens is 256 g/mol. The lowest BCUT2D eigenvalue weighted by Crippen LogP contribution is -2.16. The van der Waals surface area contributed by atoms with Gasteiger partial charge in [0, 0.05) is 0 Å². The first-order chi connectivity index (χ1) is 9.65. The molecule has 0 fully saturated rings. The fraction of sp³-hybridized carbons (Fsp3) is 0.500. The van der Waals surface area contributed by atoms with Crippen molar-refractivity contribution in [2.45, 2.75) is 40.0 Å². The maximum Gasteiger partial charge on any atom is 0.339 e. The van der Waals surface area contributed by atoms with E-state index in [-0.39, 0.29) is 12.2 Å². The molecule has 0 amide bonds. The Hall–Kier alpha value is -1.84. The number of unbranched alkanes of at least 4 members (excludes halogenated alkanes) is 1. The van der Waals surface area contributed by atoms with Crippen molar-refractivity contribution in [2.24, 2.45) is 0 Å². The summed E-state index contributed by atoms with van der Waals surface area (Å²) in [6, 6.07) is 5.20. The van der Waals surface area contributed by atoms with E-state index in [4.69, 9.17) is 9.47 Å². The number of rotatable bonds is 7. The predicted octanol–water partition coefficient (Wildman–Crippen LogP) is 3.38. The lowest BCUT2D eigenvalue weighted by molar-refractivity contribution is 0.0462. The normalized spacial score (nSPS) is 10.2. The summed E-state index contributed by atoms with van der Waals surface area (Å²) in [4.78, 5) is 24.1. The molecule has 110 valence electrons. The summed E-state index contributed by atoms with van der Waals surface area (Å²) in [6.45, 7) is 6.35. The zero-order chi connectivity index (χ0) is 15.0. The van der Waals surface area contributed by atoms with Crippen molar-refractivity contribution < 1.29 is 19.1 Å². The van der Waals surface area contributed by atoms with Crippen molar-refractivity contribution >= 4 is 11.9 Å². The molecule has 0 saturated heterocycles. The maximum atomic E-state index is 12.2. The summed E-state index contributed by atoms with van der Waals surface area (Å²) < 4.78 is 10.2. The molecule has 20 heavy (non-hydrogen) atoms. The zero-order valence-corrected chi connectivity index (χ0v) is 12.4. The Bertz CT molecular complexity index is 466. The lowest BCUT2D eigenvalue weighted by Gasteiger charge is -2.12. The molecule has 0 aliphatic heterocycles. The molecule has 1 aromatic rings. The molecule has 1 rings (SSSR count). The summed E-state index contributed by atoms with van der Waals surface area (Å²) >= 11 is 0. The number of carbonyl (C=O) groups is 2. The minimum atomic E-state index is -0.481. The Balaban J connectivity index is 3.06. The average molecular weight is 278 g/mol. The van der Waals surface area contributed by atoms with Crippen LogP contribution in [0.25, 0.3) is 0 Å². The minimum Gasteiger partial charge on any atom is -0.462 e. The largest absolute Gasteiger partial charge is 0.462 e. The minimum absolute atomic E-state index is 0.277. The average Bonchev–Trinajstić information content (AvgIpc) is 2.46. The predicted molar refractivity (Wildman–Crippen MR) is 77.0 cm³/mol. The highest BCUT2D eigenvalue weighted by atomic mass is 16.5. The standard InChI is InChI=1S/C16H22O4/c1-4-7-11-20-16(18)14-12(5-2)9-8-10-13(14)15(17)19-6-3/h8-10H,4-7,11H2,1-3H3. The molecule has 0 aliphatic rings. The number of hydrogen-bond donors (Lipinski definition) is 0. The number of esters is 2. The van der Waals surface area contributed by atoms with Gasteiger partial charge in [-0.1, -0.05) is 32.4 Å². The Morgan fingerprint density at radius 2 is 1.80 bits per heavy atom. The van der Waals surface area contributed by atoms with Crippen LogP contribution in [0.1, 0.15) is 59.9 Å². The van der Waals surface area contributed by atoms with Crippen molar-refractivity contribution in [3.8, 4) is 0 Å². The van der Waals surface area contributed by atoms with Crippen molar-refractivity contribution in [3.05, 3.63) is 34.9 Å². The van der Waals surface area contributed by atoms with E-state index in [0.717, 1.165) is 18.4 Å². The summed E-state index contributed by atoms with van der Waals surface area (Å²) in [6.07, 6.45) is 2.42. The van der Waals surface area contributed by atoms with Crippen LogP contribution >= 0.6 is 0 Å². The molecule has 0 aliphatic carbocycles. The Morgan fingerprint density at radius 1 is 1.05 bits per heavy atom. The molecule has 0 aromatic heterocycles. The van der Waals surface area contributed by atoms with Crippen molar-refractivity contribution in [2.75, 3.05) is 13.2 Å². The third-order valence-electron chi connectivity index (χ3n) is 2.96. The van der Waals surface area contributed by atoms with Gasteiger partial charge in [0.05, 0.1) is 24.3 Å². The number of aryl methyl sites for hydroxylation is 1. The lowest BCUT2D eigenvalue weighted by atomic mass is 9.99. The van der Waals surface area contributed by atoms with Crippen LogP contribution in [-0.4, -0.2) is 25.2 Å². The number of carbonyl (C=O) groups excluding carboxylic acids is 2. The summed E-state index contributed by atoms with van der Waals surface area (Å²) in [5, 5.41) is 0. The van der Waals surface area contributed by atoms with Gasteiger partial charge in [0.25, 0.3) is 0 Å². The van der Waals surface area contributed by atoms with E-state index in [2.05, 4.69) is 0 Å². The molecule has 4 heteroatoms. The van der Waals surface area contributed by atoms with Crippen molar-refractivity contribution in [1.29, 1.82) is 0 Å². The highest BCUT2D eigenvalue weighted by Gasteiger charge is 2.22. The van der Waals surface area contributed by atoms with E-state index in [1.165, 1.54) is 0 Å². The van der Waals surface area contributed by atoms with Gasteiger partial charge in [-0.05, 0) is 31.4 Å². The SMILES string of the molecule is CCCCOC(=O)c1c(CC)cccc1C(=O)OCC. The van der Waals surface area contributed by atoms with Crippen LogP contribution in [0.4, 0.5) is 0 Å². The van der Waals surface area contributed by atoms with Crippen LogP contribution in [0.3, 0.4) is 0 Å². The maximum absolute atomic E-state index is 12.2. The highest BCUT2D eigenvalue weighted by molar-refractivity contribution is 6.04. The van der Waals surface area contributed by atoms with Crippen LogP contribution in [0.2, 0.25) is 0 Å². The smallest absolute Gasteiger partial charge is 0.339 e. The first-order valence-electron chi connectivity index (χ1n) is 7.11. The molecule has 0 spiro atoms. The highest BCUT2D eigenvalue weighted by Crippen LogP contribution is 2.18. The molecule has 0 bridgehead atoms. The third kappa shape index (κ3) is 4.08. The number of hydrogen-bond acceptors (Lipinski definition) is 4. The molecule has 0 atom stereocenters. The number of benzene rings is 1. The van der Waals surface area contributed by atoms with Gasteiger partial charge >= 0.3 is 11.9 Å². The first kappa shape index (κ1) is 16.2. The summed E-state index contributed by atoms with van der Waals surface area (Å²) in [7, 11) is 0. The van der Waals surface area contributed by atoms with E-state index >= 15 is 0 Å². The van der Waals surface area contributed by atoms with Gasteiger partial charge in [0.2, 0.25) is 0 Å². The van der Waals surface area contributed by atoms with Gasteiger partial charge in [0.15, 0.2) is 0 Å². The molecule has 0 radical (unpaired) electrons. The third-order valence-corrected chi connectivity index (χ3v) is 2.96. The van der Waals surface area contributed by atoms with Crippen LogP contribution in [0.15, 0.2) is 18.2 Å².